The molecule has 0 fully saturated rings. The van der Waals surface area contributed by atoms with Crippen LogP contribution in [0.1, 0.15) is 5.56 Å². The largest absolute Gasteiger partial charge is 0.361 e. The summed E-state index contributed by atoms with van der Waals surface area (Å²) in [6.45, 7) is 0. The van der Waals surface area contributed by atoms with Gasteiger partial charge in [-0.25, -0.2) is 18.7 Å². The van der Waals surface area contributed by atoms with Gasteiger partial charge in [-0.15, -0.1) is 0 Å². The number of nitrogens with zero attached hydrogens (tertiary/aromatic N) is 2. The molecule has 4 N–H and O–H groups in total. The molecular weight excluding hydrogens is 549 g/mol. The third kappa shape index (κ3) is 5.92. The van der Waals surface area contributed by atoms with E-state index in [0.717, 1.165) is 16.5 Å². The zero-order valence-electron chi connectivity index (χ0n) is 20.0. The number of amides is 2. The number of anilines is 3. The van der Waals surface area contributed by atoms with Crippen LogP contribution in [0.4, 0.5) is 26.0 Å². The number of alkyl halides is 2. The van der Waals surface area contributed by atoms with Crippen molar-refractivity contribution in [2.24, 2.45) is 0 Å². The van der Waals surface area contributed by atoms with Gasteiger partial charge in [-0.05, 0) is 48.0 Å². The summed E-state index contributed by atoms with van der Waals surface area (Å²) in [6.07, 6.45) is 3.18. The molecule has 0 aliphatic rings. The molecule has 12 heteroatoms. The second-order valence-electron chi connectivity index (χ2n) is 8.62. The fourth-order valence-corrected chi connectivity index (χ4v) is 4.38. The highest BCUT2D eigenvalue weighted by atomic mass is 35.5. The first kappa shape index (κ1) is 26.3. The van der Waals surface area contributed by atoms with Crippen molar-refractivity contribution in [1.29, 1.82) is 0 Å². The number of hydrogen-bond acceptors (Lipinski definition) is 5. The summed E-state index contributed by atoms with van der Waals surface area (Å²) >= 11 is 11.2. The molecule has 5 aromatic rings. The number of rotatable bonds is 8. The summed E-state index contributed by atoms with van der Waals surface area (Å²) in [4.78, 5) is 37.0. The number of aromatic amines is 1. The van der Waals surface area contributed by atoms with Crippen molar-refractivity contribution in [3.63, 3.8) is 0 Å². The van der Waals surface area contributed by atoms with Gasteiger partial charge in [0.05, 0.1) is 10.5 Å². The van der Waals surface area contributed by atoms with Crippen LogP contribution < -0.4 is 16.0 Å². The third-order valence-corrected chi connectivity index (χ3v) is 6.50. The SMILES string of the molecule is O=C(N[C@H](Cc1c[nH]c2ccccc12)C(=O)Nc1ccc2ncnc(Nc3ccc(F)c(Cl)c3)c2c1)C(F)Cl. The maximum absolute atomic E-state index is 13.6. The molecular formula is C27H20Cl2F2N6O2. The van der Waals surface area contributed by atoms with Crippen molar-refractivity contribution >= 4 is 74.0 Å². The molecule has 0 radical (unpaired) electrons. The van der Waals surface area contributed by atoms with Gasteiger partial charge in [0.2, 0.25) is 5.91 Å². The third-order valence-electron chi connectivity index (χ3n) is 6.02. The first-order valence-electron chi connectivity index (χ1n) is 11.7. The van der Waals surface area contributed by atoms with Crippen LogP contribution in [0.5, 0.6) is 0 Å². The average Bonchev–Trinajstić information content (AvgIpc) is 3.33. The van der Waals surface area contributed by atoms with Gasteiger partial charge in [-0.1, -0.05) is 41.4 Å². The highest BCUT2D eigenvalue weighted by molar-refractivity contribution is 6.31. The lowest BCUT2D eigenvalue weighted by molar-refractivity contribution is -0.128. The standard InChI is InChI=1S/C27H20Cl2F2N6O2/c28-19-11-16(5-7-20(19)30)35-25-18-10-15(6-8-22(18)33-13-34-25)36-26(38)23(37-27(39)24(29)31)9-14-12-32-21-4-2-1-3-17(14)21/h1-8,10-13,23-24,32H,9H2,(H,36,38)(H,37,39)(H,33,34,35)/t23-,24?/m1/s1. The van der Waals surface area contributed by atoms with E-state index in [9.17, 15) is 18.4 Å². The average molecular weight is 569 g/mol. The summed E-state index contributed by atoms with van der Waals surface area (Å²) < 4.78 is 27.1. The van der Waals surface area contributed by atoms with Crippen molar-refractivity contribution < 1.29 is 18.4 Å². The molecule has 3 aromatic carbocycles. The molecule has 1 unspecified atom stereocenters. The van der Waals surface area contributed by atoms with Crippen LogP contribution in [-0.4, -0.2) is 38.4 Å². The summed E-state index contributed by atoms with van der Waals surface area (Å²) in [5.74, 6) is -1.86. The van der Waals surface area contributed by atoms with Crippen LogP contribution in [0.15, 0.2) is 73.2 Å². The summed E-state index contributed by atoms with van der Waals surface area (Å²) in [6, 6.07) is 15.5. The van der Waals surface area contributed by atoms with Gasteiger partial charge in [0, 0.05) is 40.3 Å². The monoisotopic (exact) mass is 568 g/mol. The van der Waals surface area contributed by atoms with E-state index in [2.05, 4.69) is 30.9 Å². The van der Waals surface area contributed by atoms with Crippen LogP contribution in [0.2, 0.25) is 5.02 Å². The normalized spacial score (nSPS) is 12.7. The molecule has 2 heterocycles. The van der Waals surface area contributed by atoms with E-state index in [-0.39, 0.29) is 11.4 Å². The molecule has 0 spiro atoms. The van der Waals surface area contributed by atoms with E-state index in [4.69, 9.17) is 23.2 Å². The number of nitrogens with one attached hydrogen (secondary N) is 4. The molecule has 0 bridgehead atoms. The van der Waals surface area contributed by atoms with Gasteiger partial charge in [-0.2, -0.15) is 0 Å². The predicted molar refractivity (Wildman–Crippen MR) is 148 cm³/mol. The molecule has 2 amide bonds. The Labute approximate surface area is 230 Å². The van der Waals surface area contributed by atoms with E-state index >= 15 is 0 Å². The molecule has 2 atom stereocenters. The van der Waals surface area contributed by atoms with Gasteiger partial charge in [0.25, 0.3) is 11.5 Å². The molecule has 0 saturated heterocycles. The smallest absolute Gasteiger partial charge is 0.270 e. The van der Waals surface area contributed by atoms with E-state index in [0.29, 0.717) is 28.1 Å². The van der Waals surface area contributed by atoms with Gasteiger partial charge < -0.3 is 20.9 Å². The minimum Gasteiger partial charge on any atom is -0.361 e. The van der Waals surface area contributed by atoms with Crippen LogP contribution in [0, 0.1) is 5.82 Å². The number of H-pyrrole nitrogens is 1. The Morgan fingerprint density at radius 1 is 0.974 bits per heavy atom. The maximum atomic E-state index is 13.6. The number of para-hydroxylation sites is 1. The number of carbonyl (C=O) groups excluding carboxylic acids is 2. The van der Waals surface area contributed by atoms with E-state index < -0.39 is 29.3 Å². The predicted octanol–water partition coefficient (Wildman–Crippen LogP) is 5.85. The lowest BCUT2D eigenvalue weighted by Gasteiger charge is -2.19. The van der Waals surface area contributed by atoms with Gasteiger partial charge in [0.15, 0.2) is 0 Å². The van der Waals surface area contributed by atoms with Gasteiger partial charge in [-0.3, -0.25) is 9.59 Å². The van der Waals surface area contributed by atoms with E-state index in [1.165, 1.54) is 24.5 Å². The van der Waals surface area contributed by atoms with Crippen LogP contribution >= 0.6 is 23.2 Å². The summed E-state index contributed by atoms with van der Waals surface area (Å²) in [5.41, 5.74) is 0.755. The second kappa shape index (κ2) is 11.2. The molecule has 198 valence electrons. The van der Waals surface area contributed by atoms with Crippen molar-refractivity contribution in [1.82, 2.24) is 20.3 Å². The van der Waals surface area contributed by atoms with Gasteiger partial charge in [0.1, 0.15) is 24.0 Å². The minimum absolute atomic E-state index is 0.0536. The number of aromatic nitrogens is 3. The fraction of sp³-hybridized carbons (Fsp3) is 0.111. The lowest BCUT2D eigenvalue weighted by Crippen LogP contribution is -2.47. The molecule has 2 aromatic heterocycles. The van der Waals surface area contributed by atoms with Crippen molar-refractivity contribution in [3.8, 4) is 0 Å². The Hall–Kier alpha value is -4.28. The molecule has 0 aliphatic heterocycles. The minimum atomic E-state index is -2.31. The quantitative estimate of drug-likeness (QED) is 0.175. The maximum Gasteiger partial charge on any atom is 0.270 e. The number of fused-ring (bicyclic) bond motifs is 2. The van der Waals surface area contributed by atoms with Crippen LogP contribution in [-0.2, 0) is 16.0 Å². The molecule has 0 aliphatic carbocycles. The van der Waals surface area contributed by atoms with Crippen molar-refractivity contribution in [2.75, 3.05) is 10.6 Å². The molecule has 8 nitrogen and oxygen atoms in total. The number of carbonyl (C=O) groups is 2. The Kier molecular flexibility index (Phi) is 7.58. The van der Waals surface area contributed by atoms with E-state index in [1.54, 1.807) is 24.4 Å². The first-order chi connectivity index (χ1) is 18.8. The van der Waals surface area contributed by atoms with E-state index in [1.807, 2.05) is 24.3 Å². The lowest BCUT2D eigenvalue weighted by atomic mass is 10.0. The highest BCUT2D eigenvalue weighted by Gasteiger charge is 2.26. The highest BCUT2D eigenvalue weighted by Crippen LogP contribution is 2.28. The zero-order valence-corrected chi connectivity index (χ0v) is 21.5. The first-order valence-corrected chi connectivity index (χ1v) is 12.5. The Bertz CT molecular complexity index is 1690. The molecule has 0 saturated carbocycles. The van der Waals surface area contributed by atoms with Crippen LogP contribution in [0.25, 0.3) is 21.8 Å². The Morgan fingerprint density at radius 2 is 1.77 bits per heavy atom. The van der Waals surface area contributed by atoms with Crippen molar-refractivity contribution in [2.45, 2.75) is 18.1 Å². The Balaban J connectivity index is 1.41. The second-order valence-corrected chi connectivity index (χ2v) is 9.41. The zero-order chi connectivity index (χ0) is 27.5. The summed E-state index contributed by atoms with van der Waals surface area (Å²) in [5, 5.41) is 9.58. The number of hydrogen-bond donors (Lipinski definition) is 4. The molecule has 5 rings (SSSR count). The number of halogens is 4. The van der Waals surface area contributed by atoms with Crippen LogP contribution in [0.3, 0.4) is 0 Å². The van der Waals surface area contributed by atoms with Crippen molar-refractivity contribution in [3.05, 3.63) is 89.6 Å². The van der Waals surface area contributed by atoms with Gasteiger partial charge >= 0.3 is 0 Å². The fourth-order valence-electron chi connectivity index (χ4n) is 4.14. The topological polar surface area (TPSA) is 112 Å². The summed E-state index contributed by atoms with van der Waals surface area (Å²) in [7, 11) is 0. The Morgan fingerprint density at radius 3 is 2.56 bits per heavy atom. The molecule has 39 heavy (non-hydrogen) atoms. The number of benzene rings is 3.